The lowest BCUT2D eigenvalue weighted by atomic mass is 10.2. The lowest BCUT2D eigenvalue weighted by Crippen LogP contribution is -2.30. The van der Waals surface area contributed by atoms with E-state index in [4.69, 9.17) is 4.74 Å². The van der Waals surface area contributed by atoms with Crippen molar-refractivity contribution in [3.05, 3.63) is 59.4 Å². The second kappa shape index (κ2) is 7.69. The highest BCUT2D eigenvalue weighted by atomic mass is 19.2. The van der Waals surface area contributed by atoms with Crippen LogP contribution in [0.3, 0.4) is 0 Å². The smallest absolute Gasteiger partial charge is 0.337 e. The standard InChI is InChI=1S/C17H14F3NO4/c1-9(25-11-5-3-4-10(8-11)17(23)24-2)16(22)21-13-7-6-12(18)14(19)15(13)20/h3-9H,1-2H3,(H,21,22)/t9-/m0/s1. The Morgan fingerprint density at radius 3 is 2.48 bits per heavy atom. The van der Waals surface area contributed by atoms with Gasteiger partial charge in [-0.15, -0.1) is 0 Å². The predicted octanol–water partition coefficient (Wildman–Crippen LogP) is 3.30. The lowest BCUT2D eigenvalue weighted by Gasteiger charge is -2.15. The van der Waals surface area contributed by atoms with Gasteiger partial charge in [0.25, 0.3) is 5.91 Å². The lowest BCUT2D eigenvalue weighted by molar-refractivity contribution is -0.122. The van der Waals surface area contributed by atoms with Crippen LogP contribution in [0.1, 0.15) is 17.3 Å². The molecule has 0 aromatic heterocycles. The summed E-state index contributed by atoms with van der Waals surface area (Å²) in [6.45, 7) is 1.37. The van der Waals surface area contributed by atoms with Gasteiger partial charge in [-0.25, -0.2) is 18.0 Å². The van der Waals surface area contributed by atoms with E-state index in [1.807, 2.05) is 0 Å². The summed E-state index contributed by atoms with van der Waals surface area (Å²) in [5.74, 6) is -5.71. The van der Waals surface area contributed by atoms with Gasteiger partial charge in [0.05, 0.1) is 18.4 Å². The third-order valence-electron chi connectivity index (χ3n) is 3.23. The Morgan fingerprint density at radius 2 is 1.80 bits per heavy atom. The van der Waals surface area contributed by atoms with Crippen molar-refractivity contribution in [2.24, 2.45) is 0 Å². The highest BCUT2D eigenvalue weighted by Crippen LogP contribution is 2.21. The summed E-state index contributed by atoms with van der Waals surface area (Å²) < 4.78 is 49.6. The van der Waals surface area contributed by atoms with Crippen LogP contribution in [-0.2, 0) is 9.53 Å². The molecule has 2 aromatic rings. The molecular weight excluding hydrogens is 339 g/mol. The van der Waals surface area contributed by atoms with E-state index in [-0.39, 0.29) is 11.3 Å². The number of esters is 1. The number of ether oxygens (including phenoxy) is 2. The molecule has 1 N–H and O–H groups in total. The van der Waals surface area contributed by atoms with Crippen molar-refractivity contribution in [3.8, 4) is 5.75 Å². The Labute approximate surface area is 141 Å². The van der Waals surface area contributed by atoms with E-state index in [0.717, 1.165) is 6.07 Å². The summed E-state index contributed by atoms with van der Waals surface area (Å²) in [6, 6.07) is 7.50. The van der Waals surface area contributed by atoms with Crippen LogP contribution in [0.25, 0.3) is 0 Å². The molecule has 1 amide bonds. The Morgan fingerprint density at radius 1 is 1.08 bits per heavy atom. The van der Waals surface area contributed by atoms with Gasteiger partial charge in [0.2, 0.25) is 0 Å². The summed E-state index contributed by atoms with van der Waals surface area (Å²) in [7, 11) is 1.22. The number of hydrogen-bond donors (Lipinski definition) is 1. The minimum absolute atomic E-state index is 0.205. The minimum atomic E-state index is -1.68. The van der Waals surface area contributed by atoms with E-state index in [0.29, 0.717) is 6.07 Å². The van der Waals surface area contributed by atoms with Crippen molar-refractivity contribution < 1.29 is 32.2 Å². The number of carbonyl (C=O) groups excluding carboxylic acids is 2. The topological polar surface area (TPSA) is 64.6 Å². The maximum absolute atomic E-state index is 13.6. The molecule has 0 heterocycles. The summed E-state index contributed by atoms with van der Waals surface area (Å²) in [5.41, 5.74) is -0.290. The second-order valence-corrected chi connectivity index (χ2v) is 4.99. The van der Waals surface area contributed by atoms with Crippen molar-refractivity contribution >= 4 is 17.6 Å². The van der Waals surface area contributed by atoms with Gasteiger partial charge in [0, 0.05) is 0 Å². The highest BCUT2D eigenvalue weighted by molar-refractivity contribution is 5.94. The number of carbonyl (C=O) groups is 2. The first-order chi connectivity index (χ1) is 11.8. The van der Waals surface area contributed by atoms with Crippen molar-refractivity contribution in [1.82, 2.24) is 0 Å². The summed E-state index contributed by atoms with van der Waals surface area (Å²) in [5, 5.41) is 2.11. The monoisotopic (exact) mass is 353 g/mol. The number of methoxy groups -OCH3 is 1. The van der Waals surface area contributed by atoms with Crippen LogP contribution in [-0.4, -0.2) is 25.1 Å². The molecule has 0 aliphatic heterocycles. The Balaban J connectivity index is 2.08. The summed E-state index contributed by atoms with van der Waals surface area (Å²) in [6.07, 6.45) is -1.10. The van der Waals surface area contributed by atoms with Gasteiger partial charge in [-0.05, 0) is 37.3 Å². The molecule has 8 heteroatoms. The first-order valence-electron chi connectivity index (χ1n) is 7.13. The fourth-order valence-electron chi connectivity index (χ4n) is 1.93. The van der Waals surface area contributed by atoms with Crippen LogP contribution in [0.2, 0.25) is 0 Å². The molecule has 5 nitrogen and oxygen atoms in total. The number of hydrogen-bond acceptors (Lipinski definition) is 4. The third-order valence-corrected chi connectivity index (χ3v) is 3.23. The average molecular weight is 353 g/mol. The number of rotatable bonds is 5. The molecule has 132 valence electrons. The van der Waals surface area contributed by atoms with Gasteiger partial charge in [0.15, 0.2) is 23.6 Å². The van der Waals surface area contributed by atoms with E-state index >= 15 is 0 Å². The maximum atomic E-state index is 13.6. The summed E-state index contributed by atoms with van der Waals surface area (Å²) in [4.78, 5) is 23.5. The van der Waals surface area contributed by atoms with Crippen LogP contribution in [0.4, 0.5) is 18.9 Å². The van der Waals surface area contributed by atoms with E-state index in [1.165, 1.54) is 38.3 Å². The first-order valence-corrected chi connectivity index (χ1v) is 7.13. The SMILES string of the molecule is COC(=O)c1cccc(O[C@@H](C)C(=O)Nc2ccc(F)c(F)c2F)c1. The van der Waals surface area contributed by atoms with Gasteiger partial charge in [-0.1, -0.05) is 6.07 Å². The largest absolute Gasteiger partial charge is 0.481 e. The molecule has 0 radical (unpaired) electrons. The van der Waals surface area contributed by atoms with Crippen LogP contribution < -0.4 is 10.1 Å². The van der Waals surface area contributed by atoms with Gasteiger partial charge < -0.3 is 14.8 Å². The zero-order chi connectivity index (χ0) is 18.6. The molecule has 2 aromatic carbocycles. The molecule has 0 aliphatic rings. The van der Waals surface area contributed by atoms with Gasteiger partial charge >= 0.3 is 5.97 Å². The fraction of sp³-hybridized carbons (Fsp3) is 0.176. The van der Waals surface area contributed by atoms with Gasteiger partial charge in [-0.2, -0.15) is 0 Å². The Hall–Kier alpha value is -3.03. The van der Waals surface area contributed by atoms with E-state index < -0.39 is 41.1 Å². The fourth-order valence-corrected chi connectivity index (χ4v) is 1.93. The molecule has 0 spiro atoms. The molecule has 0 saturated carbocycles. The Bertz CT molecular complexity index is 810. The molecule has 25 heavy (non-hydrogen) atoms. The van der Waals surface area contributed by atoms with Crippen LogP contribution in [0, 0.1) is 17.5 Å². The highest BCUT2D eigenvalue weighted by Gasteiger charge is 2.20. The van der Waals surface area contributed by atoms with Gasteiger partial charge in [0.1, 0.15) is 5.75 Å². The molecule has 0 unspecified atom stereocenters. The number of benzene rings is 2. The molecule has 0 aliphatic carbocycles. The minimum Gasteiger partial charge on any atom is -0.481 e. The van der Waals surface area contributed by atoms with Crippen LogP contribution >= 0.6 is 0 Å². The quantitative estimate of drug-likeness (QED) is 0.662. The van der Waals surface area contributed by atoms with Crippen molar-refractivity contribution in [1.29, 1.82) is 0 Å². The van der Waals surface area contributed by atoms with Crippen LogP contribution in [0.5, 0.6) is 5.75 Å². The number of halogens is 3. The number of nitrogens with one attached hydrogen (secondary N) is 1. The van der Waals surface area contributed by atoms with Crippen molar-refractivity contribution in [2.75, 3.05) is 12.4 Å². The van der Waals surface area contributed by atoms with Crippen molar-refractivity contribution in [3.63, 3.8) is 0 Å². The van der Waals surface area contributed by atoms with Gasteiger partial charge in [-0.3, -0.25) is 4.79 Å². The molecule has 0 fully saturated rings. The first kappa shape index (κ1) is 18.3. The Kier molecular flexibility index (Phi) is 5.63. The second-order valence-electron chi connectivity index (χ2n) is 4.99. The third kappa shape index (κ3) is 4.28. The molecule has 0 saturated heterocycles. The van der Waals surface area contributed by atoms with E-state index in [1.54, 1.807) is 0 Å². The number of anilines is 1. The predicted molar refractivity (Wildman–Crippen MR) is 82.8 cm³/mol. The van der Waals surface area contributed by atoms with E-state index in [9.17, 15) is 22.8 Å². The molecule has 0 bridgehead atoms. The normalized spacial score (nSPS) is 11.6. The number of amides is 1. The zero-order valence-electron chi connectivity index (χ0n) is 13.3. The van der Waals surface area contributed by atoms with Crippen LogP contribution in [0.15, 0.2) is 36.4 Å². The molecule has 1 atom stereocenters. The molecular formula is C17H14F3NO4. The van der Waals surface area contributed by atoms with E-state index in [2.05, 4.69) is 10.1 Å². The maximum Gasteiger partial charge on any atom is 0.337 e. The summed E-state index contributed by atoms with van der Waals surface area (Å²) >= 11 is 0. The zero-order valence-corrected chi connectivity index (χ0v) is 13.3. The molecule has 2 rings (SSSR count). The average Bonchev–Trinajstić information content (AvgIpc) is 2.61. The van der Waals surface area contributed by atoms with Crippen molar-refractivity contribution in [2.45, 2.75) is 13.0 Å².